The molecule has 3 heteroatoms. The zero-order valence-electron chi connectivity index (χ0n) is 7.00. The van der Waals surface area contributed by atoms with Gasteiger partial charge >= 0.3 is 0 Å². The SMILES string of the molecule is NCc1ccc2ncc(Cl)cc2c1. The number of hydrogen-bond acceptors (Lipinski definition) is 2. The lowest BCUT2D eigenvalue weighted by molar-refractivity contribution is 1.07. The molecule has 0 spiro atoms. The molecule has 1 aromatic carbocycles. The van der Waals surface area contributed by atoms with E-state index in [1.54, 1.807) is 6.20 Å². The zero-order valence-corrected chi connectivity index (χ0v) is 7.75. The molecule has 2 N–H and O–H groups in total. The molecular weight excluding hydrogens is 184 g/mol. The van der Waals surface area contributed by atoms with Gasteiger partial charge in [0.25, 0.3) is 0 Å². The van der Waals surface area contributed by atoms with E-state index in [1.807, 2.05) is 24.3 Å². The average molecular weight is 193 g/mol. The lowest BCUT2D eigenvalue weighted by atomic mass is 10.1. The van der Waals surface area contributed by atoms with E-state index >= 15 is 0 Å². The maximum atomic E-state index is 5.82. The van der Waals surface area contributed by atoms with Gasteiger partial charge in [-0.15, -0.1) is 0 Å². The molecule has 2 rings (SSSR count). The molecule has 1 heterocycles. The van der Waals surface area contributed by atoms with E-state index in [-0.39, 0.29) is 0 Å². The fourth-order valence-electron chi connectivity index (χ4n) is 1.28. The van der Waals surface area contributed by atoms with Crippen LogP contribution in [0.25, 0.3) is 10.9 Å². The first kappa shape index (κ1) is 8.48. The van der Waals surface area contributed by atoms with Crippen molar-refractivity contribution in [2.45, 2.75) is 6.54 Å². The van der Waals surface area contributed by atoms with Crippen molar-refractivity contribution in [2.24, 2.45) is 5.73 Å². The van der Waals surface area contributed by atoms with Gasteiger partial charge in [-0.25, -0.2) is 0 Å². The lowest BCUT2D eigenvalue weighted by Gasteiger charge is -2.00. The number of nitrogens with two attached hydrogens (primary N) is 1. The number of hydrogen-bond donors (Lipinski definition) is 1. The van der Waals surface area contributed by atoms with Crippen molar-refractivity contribution in [3.63, 3.8) is 0 Å². The van der Waals surface area contributed by atoms with Crippen molar-refractivity contribution in [3.8, 4) is 0 Å². The zero-order chi connectivity index (χ0) is 9.26. The Balaban J connectivity index is 2.68. The van der Waals surface area contributed by atoms with E-state index < -0.39 is 0 Å². The van der Waals surface area contributed by atoms with E-state index in [4.69, 9.17) is 17.3 Å². The van der Waals surface area contributed by atoms with Crippen LogP contribution in [-0.2, 0) is 6.54 Å². The van der Waals surface area contributed by atoms with Gasteiger partial charge in [-0.1, -0.05) is 17.7 Å². The van der Waals surface area contributed by atoms with Gasteiger partial charge in [0.15, 0.2) is 0 Å². The quantitative estimate of drug-likeness (QED) is 0.754. The van der Waals surface area contributed by atoms with E-state index in [9.17, 15) is 0 Å². The molecule has 13 heavy (non-hydrogen) atoms. The fourth-order valence-corrected chi connectivity index (χ4v) is 1.45. The molecule has 0 atom stereocenters. The molecular formula is C10H9ClN2. The number of fused-ring (bicyclic) bond motifs is 1. The first-order chi connectivity index (χ1) is 6.29. The molecule has 0 radical (unpaired) electrons. The van der Waals surface area contributed by atoms with Crippen molar-refractivity contribution in [2.75, 3.05) is 0 Å². The number of rotatable bonds is 1. The second-order valence-electron chi connectivity index (χ2n) is 2.88. The Labute approximate surface area is 81.3 Å². The summed E-state index contributed by atoms with van der Waals surface area (Å²) >= 11 is 5.82. The summed E-state index contributed by atoms with van der Waals surface area (Å²) in [7, 11) is 0. The summed E-state index contributed by atoms with van der Waals surface area (Å²) in [6, 6.07) is 7.83. The maximum Gasteiger partial charge on any atom is 0.0703 e. The highest BCUT2D eigenvalue weighted by molar-refractivity contribution is 6.31. The minimum Gasteiger partial charge on any atom is -0.326 e. The lowest BCUT2D eigenvalue weighted by Crippen LogP contribution is -1.95. The van der Waals surface area contributed by atoms with Crippen LogP contribution in [-0.4, -0.2) is 4.98 Å². The van der Waals surface area contributed by atoms with Crippen molar-refractivity contribution in [1.29, 1.82) is 0 Å². The highest BCUT2D eigenvalue weighted by atomic mass is 35.5. The monoisotopic (exact) mass is 192 g/mol. The van der Waals surface area contributed by atoms with Crippen LogP contribution in [0.5, 0.6) is 0 Å². The average Bonchev–Trinajstić information content (AvgIpc) is 2.16. The molecule has 1 aromatic heterocycles. The predicted octanol–water partition coefficient (Wildman–Crippen LogP) is 2.35. The standard InChI is InChI=1S/C10H9ClN2/c11-9-4-8-3-7(5-12)1-2-10(8)13-6-9/h1-4,6H,5,12H2. The summed E-state index contributed by atoms with van der Waals surface area (Å²) < 4.78 is 0. The topological polar surface area (TPSA) is 38.9 Å². The van der Waals surface area contributed by atoms with Crippen molar-refractivity contribution >= 4 is 22.5 Å². The number of nitrogens with zero attached hydrogens (tertiary/aromatic N) is 1. The molecule has 0 fully saturated rings. The van der Waals surface area contributed by atoms with Crippen LogP contribution >= 0.6 is 11.6 Å². The molecule has 0 bridgehead atoms. The normalized spacial score (nSPS) is 10.6. The summed E-state index contributed by atoms with van der Waals surface area (Å²) in [5.41, 5.74) is 7.57. The van der Waals surface area contributed by atoms with Crippen molar-refractivity contribution < 1.29 is 0 Å². The maximum absolute atomic E-state index is 5.82. The summed E-state index contributed by atoms with van der Waals surface area (Å²) in [6.45, 7) is 0.544. The second kappa shape index (κ2) is 3.32. The highest BCUT2D eigenvalue weighted by Crippen LogP contribution is 2.17. The van der Waals surface area contributed by atoms with E-state index in [0.29, 0.717) is 11.6 Å². The third kappa shape index (κ3) is 1.64. The molecule has 0 aliphatic heterocycles. The van der Waals surface area contributed by atoms with E-state index in [1.165, 1.54) is 0 Å². The van der Waals surface area contributed by atoms with E-state index in [0.717, 1.165) is 16.5 Å². The van der Waals surface area contributed by atoms with Gasteiger partial charge < -0.3 is 5.73 Å². The van der Waals surface area contributed by atoms with Gasteiger partial charge in [0.05, 0.1) is 10.5 Å². The molecule has 0 amide bonds. The summed E-state index contributed by atoms with van der Waals surface area (Å²) in [4.78, 5) is 4.18. The van der Waals surface area contributed by atoms with Crippen LogP contribution in [0, 0.1) is 0 Å². The van der Waals surface area contributed by atoms with Crippen LogP contribution in [0.2, 0.25) is 5.02 Å². The molecule has 0 unspecified atom stereocenters. The molecule has 0 aliphatic carbocycles. The molecule has 0 aliphatic rings. The minimum atomic E-state index is 0.544. The predicted molar refractivity (Wildman–Crippen MR) is 54.6 cm³/mol. The Kier molecular flexibility index (Phi) is 2.17. The Bertz CT molecular complexity index is 440. The highest BCUT2D eigenvalue weighted by Gasteiger charge is 1.96. The molecule has 2 aromatic rings. The van der Waals surface area contributed by atoms with Gasteiger partial charge in [-0.2, -0.15) is 0 Å². The minimum absolute atomic E-state index is 0.544. The van der Waals surface area contributed by atoms with Gasteiger partial charge in [0.1, 0.15) is 0 Å². The van der Waals surface area contributed by atoms with Crippen LogP contribution in [0.1, 0.15) is 5.56 Å². The largest absolute Gasteiger partial charge is 0.326 e. The van der Waals surface area contributed by atoms with Crippen LogP contribution in [0.4, 0.5) is 0 Å². The number of pyridine rings is 1. The third-order valence-electron chi connectivity index (χ3n) is 1.95. The summed E-state index contributed by atoms with van der Waals surface area (Å²) in [5, 5.41) is 1.69. The molecule has 2 nitrogen and oxygen atoms in total. The van der Waals surface area contributed by atoms with E-state index in [2.05, 4.69) is 4.98 Å². The first-order valence-electron chi connectivity index (χ1n) is 4.04. The smallest absolute Gasteiger partial charge is 0.0703 e. The Morgan fingerprint density at radius 2 is 2.15 bits per heavy atom. The second-order valence-corrected chi connectivity index (χ2v) is 3.32. The Morgan fingerprint density at radius 3 is 2.92 bits per heavy atom. The Morgan fingerprint density at radius 1 is 1.31 bits per heavy atom. The summed E-state index contributed by atoms with van der Waals surface area (Å²) in [6.07, 6.45) is 1.64. The third-order valence-corrected chi connectivity index (χ3v) is 2.15. The van der Waals surface area contributed by atoms with Crippen molar-refractivity contribution in [3.05, 3.63) is 41.0 Å². The number of halogens is 1. The summed E-state index contributed by atoms with van der Waals surface area (Å²) in [5.74, 6) is 0. The first-order valence-corrected chi connectivity index (χ1v) is 4.41. The number of benzene rings is 1. The van der Waals surface area contributed by atoms with Crippen LogP contribution in [0.15, 0.2) is 30.5 Å². The Hall–Kier alpha value is -1.12. The molecule has 0 saturated heterocycles. The molecule has 0 saturated carbocycles. The molecule has 66 valence electrons. The number of aromatic nitrogens is 1. The van der Waals surface area contributed by atoms with Crippen LogP contribution in [0.3, 0.4) is 0 Å². The van der Waals surface area contributed by atoms with Gasteiger partial charge in [0.2, 0.25) is 0 Å². The van der Waals surface area contributed by atoms with Crippen LogP contribution < -0.4 is 5.73 Å². The van der Waals surface area contributed by atoms with Gasteiger partial charge in [0, 0.05) is 18.1 Å². The van der Waals surface area contributed by atoms with Gasteiger partial charge in [-0.05, 0) is 23.8 Å². The fraction of sp³-hybridized carbons (Fsp3) is 0.100. The van der Waals surface area contributed by atoms with Crippen molar-refractivity contribution in [1.82, 2.24) is 4.98 Å². The van der Waals surface area contributed by atoms with Gasteiger partial charge in [-0.3, -0.25) is 4.98 Å².